The highest BCUT2D eigenvalue weighted by molar-refractivity contribution is 7.92. The Hall–Kier alpha value is -3.07. The molecule has 0 spiro atoms. The van der Waals surface area contributed by atoms with Gasteiger partial charge in [0.05, 0.1) is 10.6 Å². The molecule has 0 aromatic heterocycles. The van der Waals surface area contributed by atoms with Crippen LogP contribution in [0.5, 0.6) is 0 Å². The lowest BCUT2D eigenvalue weighted by Crippen LogP contribution is -2.51. The van der Waals surface area contributed by atoms with Crippen LogP contribution in [-0.2, 0) is 26.2 Å². The van der Waals surface area contributed by atoms with Gasteiger partial charge < -0.3 is 10.2 Å². The number of nitrogens with one attached hydrogen (secondary N) is 1. The maximum Gasteiger partial charge on any atom is 0.264 e. The first kappa shape index (κ1) is 30.5. The van der Waals surface area contributed by atoms with E-state index in [4.69, 9.17) is 23.2 Å². The second kappa shape index (κ2) is 13.3. The Morgan fingerprint density at radius 3 is 2.21 bits per heavy atom. The van der Waals surface area contributed by atoms with E-state index in [-0.39, 0.29) is 29.0 Å². The summed E-state index contributed by atoms with van der Waals surface area (Å²) in [6.07, 6.45) is 0. The molecule has 3 rings (SSSR count). The lowest BCUT2D eigenvalue weighted by atomic mass is 10.1. The molecule has 3 aromatic carbocycles. The molecule has 1 N–H and O–H groups in total. The number of carbonyl (C=O) groups excluding carboxylic acids is 2. The number of aryl methyl sites for hydroxylation is 1. The highest BCUT2D eigenvalue weighted by atomic mass is 35.5. The van der Waals surface area contributed by atoms with Gasteiger partial charge in [0.1, 0.15) is 12.6 Å². The van der Waals surface area contributed by atoms with Crippen molar-refractivity contribution in [3.63, 3.8) is 0 Å². The molecule has 208 valence electrons. The van der Waals surface area contributed by atoms with Gasteiger partial charge in [-0.15, -0.1) is 0 Å². The Balaban J connectivity index is 2.05. The molecule has 7 nitrogen and oxygen atoms in total. The predicted octanol–water partition coefficient (Wildman–Crippen LogP) is 5.69. The molecule has 3 aromatic rings. The second-order valence-electron chi connectivity index (χ2n) is 9.68. The molecule has 0 aliphatic heterocycles. The van der Waals surface area contributed by atoms with Gasteiger partial charge in [-0.2, -0.15) is 0 Å². The summed E-state index contributed by atoms with van der Waals surface area (Å²) in [5.74, 6) is -0.701. The van der Waals surface area contributed by atoms with Crippen LogP contribution >= 0.6 is 23.2 Å². The Morgan fingerprint density at radius 2 is 1.56 bits per heavy atom. The highest BCUT2D eigenvalue weighted by Gasteiger charge is 2.33. The van der Waals surface area contributed by atoms with Crippen LogP contribution in [0, 0.1) is 12.8 Å². The smallest absolute Gasteiger partial charge is 0.264 e. The summed E-state index contributed by atoms with van der Waals surface area (Å²) in [7, 11) is -4.17. The summed E-state index contributed by atoms with van der Waals surface area (Å²) < 4.78 is 28.8. The molecule has 0 aliphatic carbocycles. The van der Waals surface area contributed by atoms with E-state index in [0.29, 0.717) is 27.7 Å². The number of hydrogen-bond acceptors (Lipinski definition) is 4. The van der Waals surface area contributed by atoms with Crippen molar-refractivity contribution in [1.29, 1.82) is 0 Å². The Morgan fingerprint density at radius 1 is 0.923 bits per heavy atom. The minimum atomic E-state index is -4.17. The topological polar surface area (TPSA) is 86.8 Å². The SMILES string of the molecule is Cc1ccc(Cl)cc1N(CC(=O)N(Cc1ccccc1Cl)C(C)C(=O)NCC(C)C)S(=O)(=O)c1ccccc1. The van der Waals surface area contributed by atoms with Crippen LogP contribution in [0.4, 0.5) is 5.69 Å². The zero-order valence-electron chi connectivity index (χ0n) is 22.4. The van der Waals surface area contributed by atoms with Crippen LogP contribution in [0.3, 0.4) is 0 Å². The predicted molar refractivity (Wildman–Crippen MR) is 156 cm³/mol. The van der Waals surface area contributed by atoms with Gasteiger partial charge in [0.2, 0.25) is 11.8 Å². The number of halogens is 2. The van der Waals surface area contributed by atoms with E-state index in [1.807, 2.05) is 13.8 Å². The number of sulfonamides is 1. The zero-order chi connectivity index (χ0) is 28.7. The van der Waals surface area contributed by atoms with Gasteiger partial charge in [-0.3, -0.25) is 13.9 Å². The van der Waals surface area contributed by atoms with Gasteiger partial charge in [-0.25, -0.2) is 8.42 Å². The van der Waals surface area contributed by atoms with Crippen LogP contribution in [0.1, 0.15) is 31.9 Å². The van der Waals surface area contributed by atoms with E-state index in [2.05, 4.69) is 5.32 Å². The number of rotatable bonds is 11. The normalized spacial score (nSPS) is 12.2. The molecule has 39 heavy (non-hydrogen) atoms. The molecule has 0 fully saturated rings. The van der Waals surface area contributed by atoms with Gasteiger partial charge >= 0.3 is 0 Å². The maximum atomic E-state index is 14.0. The third-order valence-electron chi connectivity index (χ3n) is 6.20. The van der Waals surface area contributed by atoms with E-state index in [0.717, 1.165) is 4.31 Å². The molecule has 0 saturated heterocycles. The van der Waals surface area contributed by atoms with Crippen molar-refractivity contribution in [2.75, 3.05) is 17.4 Å². The molecule has 0 radical (unpaired) electrons. The van der Waals surface area contributed by atoms with Crippen molar-refractivity contribution < 1.29 is 18.0 Å². The third-order valence-corrected chi connectivity index (χ3v) is 8.58. The standard InChI is InChI=1S/C29H33Cl2N3O4S/c1-20(2)17-32-29(36)22(4)33(18-23-10-8-9-13-26(23)31)28(35)19-34(27-16-24(30)15-14-21(27)3)39(37,38)25-11-6-5-7-12-25/h5-16,20,22H,17-19H2,1-4H3,(H,32,36). The van der Waals surface area contributed by atoms with E-state index >= 15 is 0 Å². The zero-order valence-corrected chi connectivity index (χ0v) is 24.7. The van der Waals surface area contributed by atoms with E-state index < -0.39 is 28.5 Å². The molecule has 2 amide bonds. The first-order chi connectivity index (χ1) is 18.4. The lowest BCUT2D eigenvalue weighted by Gasteiger charge is -2.32. The molecule has 1 unspecified atom stereocenters. The summed E-state index contributed by atoms with van der Waals surface area (Å²) in [5.41, 5.74) is 1.52. The van der Waals surface area contributed by atoms with E-state index in [1.54, 1.807) is 68.4 Å². The van der Waals surface area contributed by atoms with Crippen LogP contribution in [0.2, 0.25) is 10.0 Å². The molecular formula is C29H33Cl2N3O4S. The van der Waals surface area contributed by atoms with Gasteiger partial charge in [0.15, 0.2) is 0 Å². The number of anilines is 1. The molecule has 0 aliphatic rings. The fraction of sp³-hybridized carbons (Fsp3) is 0.310. The largest absolute Gasteiger partial charge is 0.354 e. The number of benzene rings is 3. The van der Waals surface area contributed by atoms with Crippen molar-refractivity contribution in [3.8, 4) is 0 Å². The van der Waals surface area contributed by atoms with Gasteiger partial charge in [-0.05, 0) is 61.2 Å². The highest BCUT2D eigenvalue weighted by Crippen LogP contribution is 2.30. The van der Waals surface area contributed by atoms with Crippen LogP contribution in [0.25, 0.3) is 0 Å². The fourth-order valence-corrected chi connectivity index (χ4v) is 5.78. The molecule has 10 heteroatoms. The first-order valence-corrected chi connectivity index (χ1v) is 14.8. The lowest BCUT2D eigenvalue weighted by molar-refractivity contribution is -0.139. The average Bonchev–Trinajstić information content (AvgIpc) is 2.91. The Kier molecular flexibility index (Phi) is 10.4. The second-order valence-corrected chi connectivity index (χ2v) is 12.4. The molecule has 0 heterocycles. The van der Waals surface area contributed by atoms with Crippen LogP contribution in [-0.4, -0.2) is 44.3 Å². The van der Waals surface area contributed by atoms with E-state index in [9.17, 15) is 18.0 Å². The van der Waals surface area contributed by atoms with Crippen LogP contribution in [0.15, 0.2) is 77.7 Å². The van der Waals surface area contributed by atoms with Gasteiger partial charge in [-0.1, -0.05) is 79.5 Å². The minimum absolute atomic E-state index is 0.0164. The van der Waals surface area contributed by atoms with Crippen molar-refractivity contribution in [1.82, 2.24) is 10.2 Å². The summed E-state index contributed by atoms with van der Waals surface area (Å²) in [6.45, 7) is 7.20. The number of hydrogen-bond donors (Lipinski definition) is 1. The maximum absolute atomic E-state index is 14.0. The molecular weight excluding hydrogens is 557 g/mol. The molecule has 0 saturated carbocycles. The monoisotopic (exact) mass is 589 g/mol. The summed E-state index contributed by atoms with van der Waals surface area (Å²) in [4.78, 5) is 28.4. The third kappa shape index (κ3) is 7.75. The first-order valence-electron chi connectivity index (χ1n) is 12.6. The number of nitrogens with zero attached hydrogens (tertiary/aromatic N) is 2. The quantitative estimate of drug-likeness (QED) is 0.311. The minimum Gasteiger partial charge on any atom is -0.354 e. The van der Waals surface area contributed by atoms with Crippen molar-refractivity contribution >= 4 is 50.7 Å². The molecule has 0 bridgehead atoms. The molecule has 1 atom stereocenters. The summed E-state index contributed by atoms with van der Waals surface area (Å²) >= 11 is 12.6. The Labute approximate surface area is 240 Å². The van der Waals surface area contributed by atoms with Crippen LogP contribution < -0.4 is 9.62 Å². The van der Waals surface area contributed by atoms with E-state index in [1.165, 1.54) is 23.1 Å². The number of carbonyl (C=O) groups is 2. The number of amides is 2. The van der Waals surface area contributed by atoms with Crippen molar-refractivity contribution in [2.45, 2.75) is 45.2 Å². The fourth-order valence-electron chi connectivity index (χ4n) is 3.93. The average molecular weight is 591 g/mol. The summed E-state index contributed by atoms with van der Waals surface area (Å²) in [5, 5.41) is 3.62. The Bertz CT molecular complexity index is 1420. The van der Waals surface area contributed by atoms with Gasteiger partial charge in [0.25, 0.3) is 10.0 Å². The van der Waals surface area contributed by atoms with Crippen molar-refractivity contribution in [3.05, 3.63) is 94.0 Å². The van der Waals surface area contributed by atoms with Crippen molar-refractivity contribution in [2.24, 2.45) is 5.92 Å². The van der Waals surface area contributed by atoms with Gasteiger partial charge in [0, 0.05) is 23.1 Å². The summed E-state index contributed by atoms with van der Waals surface area (Å²) in [6, 6.07) is 18.9.